The third-order valence-electron chi connectivity index (χ3n) is 7.55. The highest BCUT2D eigenvalue weighted by Crippen LogP contribution is 2.25. The Kier molecular flexibility index (Phi) is 9.95. The van der Waals surface area contributed by atoms with Crippen LogP contribution in [-0.2, 0) is 29.2 Å². The van der Waals surface area contributed by atoms with E-state index in [2.05, 4.69) is 9.88 Å². The number of benzene rings is 3. The zero-order valence-corrected chi connectivity index (χ0v) is 24.5. The van der Waals surface area contributed by atoms with Crippen LogP contribution in [0, 0.1) is 12.7 Å². The summed E-state index contributed by atoms with van der Waals surface area (Å²) in [4.78, 5) is 21.3. The number of carbonyl (C=O) groups excluding carboxylic acids is 1. The van der Waals surface area contributed by atoms with Crippen molar-refractivity contribution in [3.05, 3.63) is 102 Å². The van der Waals surface area contributed by atoms with Crippen LogP contribution in [0.25, 0.3) is 10.9 Å². The fourth-order valence-electron chi connectivity index (χ4n) is 5.31. The van der Waals surface area contributed by atoms with Crippen molar-refractivity contribution in [3.8, 4) is 5.75 Å². The minimum atomic E-state index is -2.69. The van der Waals surface area contributed by atoms with E-state index in [0.29, 0.717) is 50.8 Å². The fourth-order valence-corrected chi connectivity index (χ4v) is 5.87. The number of anilines is 1. The molecule has 1 aliphatic heterocycles. The number of hydrogen-bond donors (Lipinski definition) is 2. The highest BCUT2D eigenvalue weighted by Gasteiger charge is 2.31. The van der Waals surface area contributed by atoms with Gasteiger partial charge in [0.1, 0.15) is 24.2 Å². The average molecular weight is 607 g/mol. The molecule has 0 radical (unpaired) electrons. The van der Waals surface area contributed by atoms with Crippen molar-refractivity contribution in [2.75, 3.05) is 37.0 Å². The molecular formula is C31H33FN5O5S-. The van der Waals surface area contributed by atoms with Gasteiger partial charge in [0.25, 0.3) is 5.91 Å². The Morgan fingerprint density at radius 2 is 1.79 bits per heavy atom. The lowest BCUT2D eigenvalue weighted by Gasteiger charge is -2.40. The lowest BCUT2D eigenvalue weighted by atomic mass is 10.1. The number of carbonyl (C=O) groups is 1. The second-order valence-corrected chi connectivity index (χ2v) is 11.3. The number of hydroxylamine groups is 1. The number of aryl methyl sites for hydroxylation is 1. The number of aromatic nitrogens is 1. The van der Waals surface area contributed by atoms with Crippen LogP contribution in [0.2, 0.25) is 0 Å². The number of nitrogens with one attached hydrogen (secondary N) is 1. The first-order valence-corrected chi connectivity index (χ1v) is 14.9. The first-order valence-electron chi connectivity index (χ1n) is 13.9. The number of ether oxygens (including phenoxy) is 1. The highest BCUT2D eigenvalue weighted by atomic mass is 32.2. The van der Waals surface area contributed by atoms with E-state index in [-0.39, 0.29) is 12.4 Å². The zero-order valence-electron chi connectivity index (χ0n) is 23.7. The summed E-state index contributed by atoms with van der Waals surface area (Å²) in [6.07, 6.45) is 0. The Hall–Kier alpha value is -3.94. The molecule has 2 atom stereocenters. The number of piperazine rings is 1. The molecule has 2 heterocycles. The highest BCUT2D eigenvalue weighted by molar-refractivity contribution is 7.80. The van der Waals surface area contributed by atoms with E-state index in [1.807, 2.05) is 42.2 Å². The summed E-state index contributed by atoms with van der Waals surface area (Å²) >= 11 is -2.69. The van der Waals surface area contributed by atoms with Crippen LogP contribution < -0.4 is 14.5 Å². The molecule has 3 aromatic carbocycles. The van der Waals surface area contributed by atoms with Crippen LogP contribution >= 0.6 is 0 Å². The molecule has 0 saturated carbocycles. The van der Waals surface area contributed by atoms with E-state index < -0.39 is 23.2 Å². The second kappa shape index (κ2) is 14.0. The van der Waals surface area contributed by atoms with E-state index in [4.69, 9.17) is 4.74 Å². The van der Waals surface area contributed by atoms with Gasteiger partial charge in [-0.05, 0) is 61.0 Å². The predicted molar refractivity (Wildman–Crippen MR) is 160 cm³/mol. The molecule has 43 heavy (non-hydrogen) atoms. The molecule has 2 N–H and O–H groups in total. The Bertz CT molecular complexity index is 1570. The summed E-state index contributed by atoms with van der Waals surface area (Å²) in [7, 11) is 0. The average Bonchev–Trinajstić information content (AvgIpc) is 3.02. The first-order chi connectivity index (χ1) is 20.8. The molecule has 1 amide bonds. The van der Waals surface area contributed by atoms with Crippen molar-refractivity contribution in [3.63, 3.8) is 0 Å². The molecule has 1 unspecified atom stereocenters. The molecule has 1 fully saturated rings. The molecule has 10 nitrogen and oxygen atoms in total. The van der Waals surface area contributed by atoms with E-state index in [9.17, 15) is 23.2 Å². The Balaban J connectivity index is 1.23. The van der Waals surface area contributed by atoms with Gasteiger partial charge in [0, 0.05) is 66.3 Å². The smallest absolute Gasteiger partial charge is 0.262 e. The maximum Gasteiger partial charge on any atom is 0.262 e. The van der Waals surface area contributed by atoms with Gasteiger partial charge >= 0.3 is 0 Å². The Labute approximate surface area is 252 Å². The van der Waals surface area contributed by atoms with Crippen molar-refractivity contribution in [1.29, 1.82) is 0 Å². The van der Waals surface area contributed by atoms with E-state index in [0.717, 1.165) is 32.0 Å². The van der Waals surface area contributed by atoms with Crippen molar-refractivity contribution >= 4 is 33.8 Å². The summed E-state index contributed by atoms with van der Waals surface area (Å²) < 4.78 is 44.9. The maximum atomic E-state index is 13.2. The molecule has 226 valence electrons. The molecule has 1 saturated heterocycles. The van der Waals surface area contributed by atoms with Crippen molar-refractivity contribution in [2.24, 2.45) is 0 Å². The summed E-state index contributed by atoms with van der Waals surface area (Å²) in [6.45, 7) is 4.88. The maximum absolute atomic E-state index is 13.2. The normalized spacial score (nSPS) is 15.6. The SMILES string of the molecule is Cc1cc(COc2ccc(N(C[C@@H](C(=O)NO)N3CCN(Cc4ccc(F)cc4)CC3)S(=O)[O-])cc2)c2ccccc2n1. The lowest BCUT2D eigenvalue weighted by molar-refractivity contribution is -0.135. The summed E-state index contributed by atoms with van der Waals surface area (Å²) in [5.74, 6) is -0.425. The van der Waals surface area contributed by atoms with Gasteiger partial charge in [-0.2, -0.15) is 0 Å². The third kappa shape index (κ3) is 7.72. The van der Waals surface area contributed by atoms with Gasteiger partial charge in [-0.3, -0.25) is 29.0 Å². The van der Waals surface area contributed by atoms with E-state index >= 15 is 0 Å². The van der Waals surface area contributed by atoms with Crippen LogP contribution in [0.3, 0.4) is 0 Å². The van der Waals surface area contributed by atoms with Crippen LogP contribution in [0.15, 0.2) is 78.9 Å². The minimum Gasteiger partial charge on any atom is -0.755 e. The van der Waals surface area contributed by atoms with Crippen molar-refractivity contribution in [1.82, 2.24) is 20.3 Å². The van der Waals surface area contributed by atoms with Gasteiger partial charge in [-0.25, -0.2) is 9.87 Å². The number of halogens is 1. The van der Waals surface area contributed by atoms with Crippen LogP contribution in [0.4, 0.5) is 10.1 Å². The fraction of sp³-hybridized carbons (Fsp3) is 0.290. The van der Waals surface area contributed by atoms with Gasteiger partial charge in [-0.15, -0.1) is 0 Å². The van der Waals surface area contributed by atoms with Crippen LogP contribution in [-0.4, -0.2) is 73.4 Å². The number of para-hydroxylation sites is 1. The lowest BCUT2D eigenvalue weighted by Crippen LogP contribution is -2.58. The van der Waals surface area contributed by atoms with Crippen LogP contribution in [0.5, 0.6) is 5.75 Å². The summed E-state index contributed by atoms with van der Waals surface area (Å²) in [5.41, 5.74) is 5.79. The zero-order chi connectivity index (χ0) is 30.3. The quantitative estimate of drug-likeness (QED) is 0.151. The number of fused-ring (bicyclic) bond motifs is 1. The molecule has 0 bridgehead atoms. The Morgan fingerprint density at radius 1 is 1.09 bits per heavy atom. The monoisotopic (exact) mass is 606 g/mol. The molecule has 12 heteroatoms. The number of pyridine rings is 1. The number of amides is 1. The molecular weight excluding hydrogens is 573 g/mol. The number of hydrogen-bond acceptors (Lipinski definition) is 8. The van der Waals surface area contributed by atoms with Gasteiger partial charge < -0.3 is 13.6 Å². The van der Waals surface area contributed by atoms with Gasteiger partial charge in [0.2, 0.25) is 0 Å². The largest absolute Gasteiger partial charge is 0.755 e. The number of rotatable bonds is 11. The van der Waals surface area contributed by atoms with Crippen LogP contribution in [0.1, 0.15) is 16.8 Å². The van der Waals surface area contributed by atoms with Crippen molar-refractivity contribution < 1.29 is 27.9 Å². The molecule has 1 aromatic heterocycles. The van der Waals surface area contributed by atoms with Crippen molar-refractivity contribution in [2.45, 2.75) is 26.1 Å². The molecule has 0 aliphatic carbocycles. The molecule has 4 aromatic rings. The molecule has 5 rings (SSSR count). The predicted octanol–water partition coefficient (Wildman–Crippen LogP) is 3.55. The molecule has 0 spiro atoms. The second-order valence-electron chi connectivity index (χ2n) is 10.4. The van der Waals surface area contributed by atoms with E-state index in [1.54, 1.807) is 41.9 Å². The molecule has 1 aliphatic rings. The first kappa shape index (κ1) is 30.5. The summed E-state index contributed by atoms with van der Waals surface area (Å²) in [6, 6.07) is 21.8. The summed E-state index contributed by atoms with van der Waals surface area (Å²) in [5, 5.41) is 10.4. The standard InChI is InChI=1S/C31H34FN5O5S/c1-22-18-24(28-4-2-3-5-29(28)33-22)21-42-27-12-10-26(11-13-27)37(43(40)41)20-30(31(38)34-39)36-16-14-35(15-17-36)19-23-6-8-25(32)9-7-23/h2-13,18,30,39H,14-17,19-21H2,1H3,(H,34,38)(H,40,41)/p-1/t30-/m0/s1. The van der Waals surface area contributed by atoms with E-state index in [1.165, 1.54) is 12.1 Å². The van der Waals surface area contributed by atoms with Gasteiger partial charge in [0.05, 0.1) is 12.1 Å². The topological polar surface area (TPSA) is 121 Å². The Morgan fingerprint density at radius 3 is 2.47 bits per heavy atom. The van der Waals surface area contributed by atoms with Gasteiger partial charge in [0.15, 0.2) is 0 Å². The minimum absolute atomic E-state index is 0.192. The van der Waals surface area contributed by atoms with Gasteiger partial charge in [-0.1, -0.05) is 30.3 Å². The number of nitrogens with zero attached hydrogens (tertiary/aromatic N) is 4. The third-order valence-corrected chi connectivity index (χ3v) is 8.27.